The van der Waals surface area contributed by atoms with Crippen LogP contribution in [0.3, 0.4) is 0 Å². The van der Waals surface area contributed by atoms with Gasteiger partial charge in [0.2, 0.25) is 0 Å². The molecule has 3 nitrogen and oxygen atoms in total. The largest absolute Gasteiger partial charge is 0.497 e. The lowest BCUT2D eigenvalue weighted by molar-refractivity contribution is -0.0206. The van der Waals surface area contributed by atoms with Gasteiger partial charge in [-0.2, -0.15) is 0 Å². The first kappa shape index (κ1) is 22.3. The van der Waals surface area contributed by atoms with Crippen molar-refractivity contribution in [1.29, 1.82) is 0 Å². The minimum atomic E-state index is 0.368. The molecular weight excluding hydrogens is 416 g/mol. The number of fused-ring (bicyclic) bond motifs is 1. The number of hydrogen-bond donors (Lipinski definition) is 1. The number of rotatable bonds is 8. The summed E-state index contributed by atoms with van der Waals surface area (Å²) in [5.41, 5.74) is 6.86. The number of nitrogens with one attached hydrogen (secondary N) is 1. The van der Waals surface area contributed by atoms with Crippen LogP contribution < -0.4 is 10.1 Å². The summed E-state index contributed by atoms with van der Waals surface area (Å²) in [6.45, 7) is 3.26. The highest BCUT2D eigenvalue weighted by atomic mass is 16.5. The lowest BCUT2D eigenvalue weighted by Gasteiger charge is -2.57. The first-order chi connectivity index (χ1) is 16.6. The van der Waals surface area contributed by atoms with Gasteiger partial charge in [0.25, 0.3) is 0 Å². The van der Waals surface area contributed by atoms with Crippen LogP contribution in [0.15, 0.2) is 47.5 Å². The lowest BCUT2D eigenvalue weighted by atomic mass is 9.53. The first-order valence-corrected chi connectivity index (χ1v) is 13.7. The molecule has 2 aromatic rings. The number of methoxy groups -OCH3 is 1. The number of benzene rings is 2. The van der Waals surface area contributed by atoms with Crippen LogP contribution in [0.1, 0.15) is 87.0 Å². The van der Waals surface area contributed by atoms with Gasteiger partial charge in [0.1, 0.15) is 5.75 Å². The fourth-order valence-corrected chi connectivity index (χ4v) is 7.88. The van der Waals surface area contributed by atoms with E-state index in [4.69, 9.17) is 9.73 Å². The van der Waals surface area contributed by atoms with Crippen molar-refractivity contribution in [3.8, 4) is 5.75 Å². The predicted molar refractivity (Wildman–Crippen MR) is 140 cm³/mol. The van der Waals surface area contributed by atoms with E-state index in [-0.39, 0.29) is 0 Å². The van der Waals surface area contributed by atoms with E-state index >= 15 is 0 Å². The van der Waals surface area contributed by atoms with Crippen LogP contribution >= 0.6 is 0 Å². The van der Waals surface area contributed by atoms with E-state index < -0.39 is 0 Å². The molecule has 1 aliphatic heterocycles. The van der Waals surface area contributed by atoms with Gasteiger partial charge < -0.3 is 10.1 Å². The minimum absolute atomic E-state index is 0.368. The highest BCUT2D eigenvalue weighted by Crippen LogP contribution is 2.55. The molecule has 180 valence electrons. The molecule has 4 bridgehead atoms. The van der Waals surface area contributed by atoms with Crippen LogP contribution in [0.5, 0.6) is 5.75 Å². The number of unbranched alkanes of at least 4 members (excludes halogenated alkanes) is 1. The van der Waals surface area contributed by atoms with E-state index in [1.165, 1.54) is 73.6 Å². The molecule has 5 aliphatic rings. The standard InChI is InChI=1S/C31H40N2O/c1-3-4-5-27-15-26-16-28(34-2)10-11-29(26)30(33-27)25-8-6-21(7-9-25)20-32-31-17-22-12-23(18-31)14-24(13-22)19-31/h6-11,16,22-24,27,32H,3-5,12-15,17-20H2,1-2H3/t22?,23?,24?,27-,31?/m0/s1. The maximum atomic E-state index is 5.52. The Morgan fingerprint density at radius 2 is 1.68 bits per heavy atom. The van der Waals surface area contributed by atoms with Crippen molar-refractivity contribution in [2.45, 2.75) is 89.3 Å². The van der Waals surface area contributed by atoms with E-state index in [2.05, 4.69) is 54.7 Å². The fourth-order valence-electron chi connectivity index (χ4n) is 7.88. The summed E-state index contributed by atoms with van der Waals surface area (Å²) < 4.78 is 5.52. The topological polar surface area (TPSA) is 33.6 Å². The third-order valence-electron chi connectivity index (χ3n) is 9.16. The van der Waals surface area contributed by atoms with Gasteiger partial charge in [-0.1, -0.05) is 44.0 Å². The van der Waals surface area contributed by atoms with Crippen molar-refractivity contribution in [3.63, 3.8) is 0 Å². The predicted octanol–water partition coefficient (Wildman–Crippen LogP) is 6.71. The summed E-state index contributed by atoms with van der Waals surface area (Å²) in [7, 11) is 1.75. The number of hydrogen-bond acceptors (Lipinski definition) is 3. The van der Waals surface area contributed by atoms with Crippen LogP contribution in [0, 0.1) is 17.8 Å². The van der Waals surface area contributed by atoms with Gasteiger partial charge in [-0.25, -0.2) is 0 Å². The van der Waals surface area contributed by atoms with Crippen molar-refractivity contribution in [2.24, 2.45) is 22.7 Å². The molecule has 0 aromatic heterocycles. The highest BCUT2D eigenvalue weighted by Gasteiger charge is 2.50. The average molecular weight is 457 g/mol. The van der Waals surface area contributed by atoms with Gasteiger partial charge in [-0.3, -0.25) is 4.99 Å². The number of ether oxygens (including phenoxy) is 1. The Morgan fingerprint density at radius 1 is 0.971 bits per heavy atom. The van der Waals surface area contributed by atoms with Gasteiger partial charge in [-0.05, 0) is 98.4 Å². The smallest absolute Gasteiger partial charge is 0.119 e. The van der Waals surface area contributed by atoms with Crippen LogP contribution in [0.2, 0.25) is 0 Å². The Labute approximate surface area is 205 Å². The van der Waals surface area contributed by atoms with Gasteiger partial charge in [0.15, 0.2) is 0 Å². The van der Waals surface area contributed by atoms with E-state index in [1.54, 1.807) is 7.11 Å². The minimum Gasteiger partial charge on any atom is -0.497 e. The second-order valence-electron chi connectivity index (χ2n) is 11.7. The van der Waals surface area contributed by atoms with Crippen LogP contribution in [0.4, 0.5) is 0 Å². The van der Waals surface area contributed by atoms with Crippen molar-refractivity contribution in [1.82, 2.24) is 5.32 Å². The summed E-state index contributed by atoms with van der Waals surface area (Å²) in [5, 5.41) is 4.06. The van der Waals surface area contributed by atoms with Crippen molar-refractivity contribution in [3.05, 3.63) is 64.7 Å². The molecule has 4 saturated carbocycles. The number of nitrogens with zero attached hydrogens (tertiary/aromatic N) is 1. The van der Waals surface area contributed by atoms with Crippen molar-refractivity contribution < 1.29 is 4.74 Å². The molecule has 0 amide bonds. The molecule has 3 heteroatoms. The Bertz CT molecular complexity index is 1020. The molecule has 34 heavy (non-hydrogen) atoms. The van der Waals surface area contributed by atoms with Crippen LogP contribution in [-0.2, 0) is 13.0 Å². The van der Waals surface area contributed by atoms with Crippen molar-refractivity contribution >= 4 is 5.71 Å². The normalized spacial score (nSPS) is 31.3. The molecule has 0 spiro atoms. The SMILES string of the molecule is CCCC[C@H]1Cc2cc(OC)ccc2C(c2ccc(CNC34CC5CC(CC(C5)C3)C4)cc2)=N1. The molecule has 1 N–H and O–H groups in total. The maximum Gasteiger partial charge on any atom is 0.119 e. The van der Waals surface area contributed by atoms with E-state index in [0.717, 1.165) is 48.6 Å². The monoisotopic (exact) mass is 456 g/mol. The van der Waals surface area contributed by atoms with E-state index in [9.17, 15) is 0 Å². The summed E-state index contributed by atoms with van der Waals surface area (Å²) in [4.78, 5) is 5.25. The second kappa shape index (κ2) is 9.15. The van der Waals surface area contributed by atoms with Gasteiger partial charge >= 0.3 is 0 Å². The van der Waals surface area contributed by atoms with E-state index in [1.807, 2.05) is 0 Å². The molecule has 0 saturated heterocycles. The Balaban J connectivity index is 1.19. The summed E-state index contributed by atoms with van der Waals surface area (Å²) in [6.07, 6.45) is 13.4. The molecule has 0 radical (unpaired) electrons. The fraction of sp³-hybridized carbons (Fsp3) is 0.581. The molecule has 4 fully saturated rings. The Morgan fingerprint density at radius 3 is 2.32 bits per heavy atom. The van der Waals surface area contributed by atoms with Gasteiger partial charge in [-0.15, -0.1) is 0 Å². The average Bonchev–Trinajstić information content (AvgIpc) is 2.85. The third kappa shape index (κ3) is 4.33. The molecule has 4 aliphatic carbocycles. The zero-order chi connectivity index (χ0) is 23.1. The van der Waals surface area contributed by atoms with E-state index in [0.29, 0.717) is 11.6 Å². The maximum absolute atomic E-state index is 5.52. The quantitative estimate of drug-likeness (QED) is 0.479. The number of aliphatic imine (C=N–C) groups is 1. The Hall–Kier alpha value is -2.13. The zero-order valence-corrected chi connectivity index (χ0v) is 21.0. The zero-order valence-electron chi connectivity index (χ0n) is 21.0. The van der Waals surface area contributed by atoms with Crippen molar-refractivity contribution in [2.75, 3.05) is 7.11 Å². The summed E-state index contributed by atoms with van der Waals surface area (Å²) in [5.74, 6) is 3.92. The molecule has 1 atom stereocenters. The molecule has 0 unspecified atom stereocenters. The van der Waals surface area contributed by atoms with Crippen LogP contribution in [-0.4, -0.2) is 24.4 Å². The van der Waals surface area contributed by atoms with Crippen LogP contribution in [0.25, 0.3) is 0 Å². The summed E-state index contributed by atoms with van der Waals surface area (Å²) >= 11 is 0. The molecule has 2 aromatic carbocycles. The van der Waals surface area contributed by atoms with Gasteiger partial charge in [0, 0.05) is 23.2 Å². The molecule has 1 heterocycles. The highest BCUT2D eigenvalue weighted by molar-refractivity contribution is 6.14. The first-order valence-electron chi connectivity index (χ1n) is 13.7. The molecule has 7 rings (SSSR count). The lowest BCUT2D eigenvalue weighted by Crippen LogP contribution is -2.58. The third-order valence-corrected chi connectivity index (χ3v) is 9.16. The van der Waals surface area contributed by atoms with Gasteiger partial charge in [0.05, 0.1) is 18.9 Å². The molecular formula is C31H40N2O. The Kier molecular flexibility index (Phi) is 6.01. The second-order valence-corrected chi connectivity index (χ2v) is 11.7. The summed E-state index contributed by atoms with van der Waals surface area (Å²) in [6, 6.07) is 16.1.